The largest absolute Gasteiger partial charge is 0.457 e. The Bertz CT molecular complexity index is 1020. The number of hydrogen-bond acceptors (Lipinski definition) is 5. The number of ether oxygens (including phenoxy) is 1. The number of carbonyl (C=O) groups excluding carboxylic acids is 2. The highest BCUT2D eigenvalue weighted by Gasteiger charge is 2.31. The smallest absolute Gasteiger partial charge is 0.306 e. The zero-order valence-electron chi connectivity index (χ0n) is 16.5. The first-order chi connectivity index (χ1) is 13.7. The zero-order chi connectivity index (χ0) is 21.2. The van der Waals surface area contributed by atoms with Crippen molar-refractivity contribution in [1.82, 2.24) is 4.57 Å². The van der Waals surface area contributed by atoms with Crippen LogP contribution in [0.25, 0.3) is 0 Å². The van der Waals surface area contributed by atoms with Crippen LogP contribution in [0.2, 0.25) is 0 Å². The molecule has 8 heteroatoms. The van der Waals surface area contributed by atoms with Crippen LogP contribution < -0.4 is 0 Å². The number of hydrogen-bond donors (Lipinski definition) is 0. The van der Waals surface area contributed by atoms with Crippen LogP contribution in [-0.2, 0) is 25.8 Å². The minimum Gasteiger partial charge on any atom is -0.457 e. The van der Waals surface area contributed by atoms with Gasteiger partial charge < -0.3 is 9.30 Å². The van der Waals surface area contributed by atoms with Crippen molar-refractivity contribution in [3.8, 4) is 0 Å². The Morgan fingerprint density at radius 1 is 1.21 bits per heavy atom. The lowest BCUT2D eigenvalue weighted by molar-refractivity contribution is -0.142. The first-order valence-corrected chi connectivity index (χ1v) is 11.3. The Balaban J connectivity index is 1.57. The van der Waals surface area contributed by atoms with Gasteiger partial charge in [-0.15, -0.1) is 0 Å². The van der Waals surface area contributed by atoms with Gasteiger partial charge in [0.25, 0.3) is 0 Å². The number of aromatic nitrogens is 1. The molecule has 0 unspecified atom stereocenters. The van der Waals surface area contributed by atoms with Crippen LogP contribution in [0.1, 0.15) is 46.2 Å². The molecule has 1 saturated heterocycles. The van der Waals surface area contributed by atoms with Gasteiger partial charge >= 0.3 is 5.97 Å². The zero-order valence-corrected chi connectivity index (χ0v) is 17.3. The van der Waals surface area contributed by atoms with E-state index >= 15 is 0 Å². The topological polar surface area (TPSA) is 82.4 Å². The van der Waals surface area contributed by atoms with Crippen LogP contribution in [0.3, 0.4) is 0 Å². The van der Waals surface area contributed by atoms with E-state index in [-0.39, 0.29) is 42.2 Å². The fourth-order valence-corrected chi connectivity index (χ4v) is 5.49. The van der Waals surface area contributed by atoms with Crippen LogP contribution in [-0.4, -0.2) is 42.9 Å². The summed E-state index contributed by atoms with van der Waals surface area (Å²) in [6.45, 7) is 3.25. The number of rotatable bonds is 7. The lowest BCUT2D eigenvalue weighted by Gasteiger charge is -2.16. The van der Waals surface area contributed by atoms with E-state index in [9.17, 15) is 22.4 Å². The lowest BCUT2D eigenvalue weighted by atomic mass is 10.1. The van der Waals surface area contributed by atoms with Gasteiger partial charge in [-0.05, 0) is 50.5 Å². The van der Waals surface area contributed by atoms with Gasteiger partial charge in [-0.1, -0.05) is 12.1 Å². The third-order valence-corrected chi connectivity index (χ3v) is 7.00. The summed E-state index contributed by atoms with van der Waals surface area (Å²) in [6, 6.07) is 7.41. The highest BCUT2D eigenvalue weighted by Crippen LogP contribution is 2.29. The number of nitrogens with zero attached hydrogens (tertiary/aromatic N) is 1. The summed E-state index contributed by atoms with van der Waals surface area (Å²) >= 11 is 0. The number of Topliss-reactive ketones (excluding diaryl/α,β-unsaturated/α-hetero) is 1. The molecular weight excluding hydrogens is 397 g/mol. The number of sulfone groups is 1. The fraction of sp³-hybridized carbons (Fsp3) is 0.429. The summed E-state index contributed by atoms with van der Waals surface area (Å²) in [4.78, 5) is 24.5. The molecule has 0 radical (unpaired) electrons. The summed E-state index contributed by atoms with van der Waals surface area (Å²) in [5.41, 5.74) is 2.76. The van der Waals surface area contributed by atoms with Gasteiger partial charge in [0.2, 0.25) is 5.78 Å². The Morgan fingerprint density at radius 3 is 2.52 bits per heavy atom. The van der Waals surface area contributed by atoms with Gasteiger partial charge in [-0.25, -0.2) is 12.8 Å². The van der Waals surface area contributed by atoms with Gasteiger partial charge in [-0.3, -0.25) is 9.59 Å². The monoisotopic (exact) mass is 421 g/mol. The van der Waals surface area contributed by atoms with Crippen LogP contribution in [0.4, 0.5) is 4.39 Å². The first-order valence-electron chi connectivity index (χ1n) is 9.48. The summed E-state index contributed by atoms with van der Waals surface area (Å²) in [5, 5.41) is 0. The molecule has 1 aromatic carbocycles. The third-order valence-electron chi connectivity index (χ3n) is 5.25. The number of ketones is 1. The molecular formula is C21H24FNO5S. The van der Waals surface area contributed by atoms with E-state index in [1.54, 1.807) is 25.1 Å². The molecule has 0 spiro atoms. The Kier molecular flexibility index (Phi) is 6.21. The fourth-order valence-electron chi connectivity index (χ4n) is 3.79. The number of halogens is 1. The Hall–Kier alpha value is -2.48. The van der Waals surface area contributed by atoms with Crippen LogP contribution in [0.5, 0.6) is 0 Å². The number of aryl methyl sites for hydroxylation is 2. The van der Waals surface area contributed by atoms with Crippen LogP contribution in [0.15, 0.2) is 30.3 Å². The maximum atomic E-state index is 12.9. The second kappa shape index (κ2) is 8.49. The van der Waals surface area contributed by atoms with Crippen molar-refractivity contribution in [1.29, 1.82) is 0 Å². The summed E-state index contributed by atoms with van der Waals surface area (Å²) in [6.07, 6.45) is 1.03. The first kappa shape index (κ1) is 21.2. The van der Waals surface area contributed by atoms with Crippen molar-refractivity contribution in [3.63, 3.8) is 0 Å². The molecule has 1 aliphatic rings. The molecule has 1 fully saturated rings. The molecule has 3 rings (SSSR count). The molecule has 6 nitrogen and oxygen atoms in total. The second-order valence-corrected chi connectivity index (χ2v) is 9.65. The molecule has 2 aromatic rings. The summed E-state index contributed by atoms with van der Waals surface area (Å²) in [7, 11) is -3.04. The van der Waals surface area contributed by atoms with Crippen LogP contribution >= 0.6 is 0 Å². The SMILES string of the molecule is Cc1cc(C(=O)COC(=O)CCc2ccc(F)cc2)c(C)n1[C@@H]1CCS(=O)(=O)C1. The Morgan fingerprint density at radius 2 is 1.90 bits per heavy atom. The van der Waals surface area contributed by atoms with E-state index in [1.807, 2.05) is 11.5 Å². The lowest BCUT2D eigenvalue weighted by Crippen LogP contribution is -2.17. The maximum absolute atomic E-state index is 12.9. The average Bonchev–Trinajstić information content (AvgIpc) is 3.17. The molecule has 0 amide bonds. The molecule has 1 atom stereocenters. The van der Waals surface area contributed by atoms with E-state index in [1.165, 1.54) is 12.1 Å². The van der Waals surface area contributed by atoms with E-state index in [0.29, 0.717) is 24.1 Å². The standard InChI is InChI=1S/C21H24FNO5S/c1-14-11-19(15(2)23(14)18-9-10-29(26,27)13-18)20(24)12-28-21(25)8-5-16-3-6-17(22)7-4-16/h3-4,6-7,11,18H,5,8-10,12-13H2,1-2H3/t18-/m1/s1. The van der Waals surface area contributed by atoms with E-state index in [0.717, 1.165) is 11.3 Å². The van der Waals surface area contributed by atoms with Crippen molar-refractivity contribution in [2.75, 3.05) is 18.1 Å². The summed E-state index contributed by atoms with van der Waals surface area (Å²) in [5.74, 6) is -0.924. The van der Waals surface area contributed by atoms with E-state index in [4.69, 9.17) is 4.74 Å². The van der Waals surface area contributed by atoms with Crippen LogP contribution in [0, 0.1) is 19.7 Å². The summed E-state index contributed by atoms with van der Waals surface area (Å²) < 4.78 is 43.4. The van der Waals surface area contributed by atoms with Crippen molar-refractivity contribution in [2.24, 2.45) is 0 Å². The maximum Gasteiger partial charge on any atom is 0.306 e. The molecule has 0 bridgehead atoms. The van der Waals surface area contributed by atoms with Gasteiger partial charge in [0.05, 0.1) is 11.5 Å². The van der Waals surface area contributed by atoms with E-state index in [2.05, 4.69) is 0 Å². The minimum atomic E-state index is -3.04. The normalized spacial score (nSPS) is 18.0. The van der Waals surface area contributed by atoms with Gasteiger partial charge in [-0.2, -0.15) is 0 Å². The second-order valence-electron chi connectivity index (χ2n) is 7.42. The van der Waals surface area contributed by atoms with Crippen molar-refractivity contribution in [3.05, 3.63) is 58.7 Å². The van der Waals surface area contributed by atoms with Gasteiger partial charge in [0.1, 0.15) is 5.82 Å². The molecule has 156 valence electrons. The number of benzene rings is 1. The predicted molar refractivity (Wildman–Crippen MR) is 106 cm³/mol. The van der Waals surface area contributed by atoms with Gasteiger partial charge in [0, 0.05) is 29.4 Å². The third kappa shape index (κ3) is 5.12. The van der Waals surface area contributed by atoms with E-state index < -0.39 is 15.8 Å². The number of esters is 1. The molecule has 0 aliphatic carbocycles. The van der Waals surface area contributed by atoms with Crippen molar-refractivity contribution in [2.45, 2.75) is 39.2 Å². The van der Waals surface area contributed by atoms with Crippen molar-refractivity contribution >= 4 is 21.6 Å². The molecule has 0 N–H and O–H groups in total. The molecule has 1 aliphatic heterocycles. The Labute approximate surface area is 169 Å². The highest BCUT2D eigenvalue weighted by molar-refractivity contribution is 7.91. The highest BCUT2D eigenvalue weighted by atomic mass is 32.2. The van der Waals surface area contributed by atoms with Gasteiger partial charge in [0.15, 0.2) is 16.4 Å². The minimum absolute atomic E-state index is 0.0787. The predicted octanol–water partition coefficient (Wildman–Crippen LogP) is 2.96. The molecule has 0 saturated carbocycles. The number of carbonyl (C=O) groups is 2. The molecule has 1 aromatic heterocycles. The van der Waals surface area contributed by atoms with Crippen molar-refractivity contribution < 1.29 is 27.1 Å². The average molecular weight is 421 g/mol. The molecule has 2 heterocycles. The quantitative estimate of drug-likeness (QED) is 0.507. The molecule has 29 heavy (non-hydrogen) atoms.